The van der Waals surface area contributed by atoms with Crippen LogP contribution in [0.15, 0.2) is 41.5 Å². The molecule has 0 unspecified atom stereocenters. The van der Waals surface area contributed by atoms with Crippen LogP contribution >= 0.6 is 0 Å². The van der Waals surface area contributed by atoms with E-state index in [0.29, 0.717) is 6.54 Å². The molecule has 0 fully saturated rings. The van der Waals surface area contributed by atoms with Crippen molar-refractivity contribution in [1.82, 2.24) is 9.88 Å². The third-order valence-corrected chi connectivity index (χ3v) is 2.38. The van der Waals surface area contributed by atoms with Gasteiger partial charge in [0, 0.05) is 25.4 Å². The molecule has 2 rings (SSSR count). The zero-order chi connectivity index (χ0) is 12.3. The molecule has 17 heavy (non-hydrogen) atoms. The molecule has 1 amide bonds. The van der Waals surface area contributed by atoms with Gasteiger partial charge >= 0.3 is 0 Å². The summed E-state index contributed by atoms with van der Waals surface area (Å²) < 4.78 is 4.93. The number of rotatable bonds is 3. The second-order valence-corrected chi connectivity index (χ2v) is 3.69. The zero-order valence-electron chi connectivity index (χ0n) is 9.33. The Bertz CT molecular complexity index is 508. The molecule has 0 spiro atoms. The molecule has 1 N–H and O–H groups in total. The summed E-state index contributed by atoms with van der Waals surface area (Å²) in [5.41, 5.74) is 1.14. The van der Waals surface area contributed by atoms with Crippen molar-refractivity contribution >= 4 is 5.91 Å². The largest absolute Gasteiger partial charge is 0.505 e. The smallest absolute Gasteiger partial charge is 0.257 e. The van der Waals surface area contributed by atoms with E-state index in [1.165, 1.54) is 23.4 Å². The van der Waals surface area contributed by atoms with Crippen LogP contribution in [0.3, 0.4) is 0 Å². The number of carbonyl (C=O) groups excluding carboxylic acids is 1. The van der Waals surface area contributed by atoms with Crippen LogP contribution in [0.4, 0.5) is 0 Å². The Hall–Kier alpha value is -2.30. The van der Waals surface area contributed by atoms with Crippen molar-refractivity contribution in [3.05, 3.63) is 48.2 Å². The van der Waals surface area contributed by atoms with Gasteiger partial charge in [0.05, 0.1) is 24.3 Å². The zero-order valence-corrected chi connectivity index (χ0v) is 9.33. The molecular formula is C12H12N2O3. The summed E-state index contributed by atoms with van der Waals surface area (Å²) in [6.45, 7) is 0.428. The van der Waals surface area contributed by atoms with Crippen molar-refractivity contribution in [2.75, 3.05) is 7.05 Å². The maximum atomic E-state index is 12.0. The van der Waals surface area contributed by atoms with E-state index in [2.05, 4.69) is 4.98 Å². The minimum atomic E-state index is -0.258. The van der Waals surface area contributed by atoms with Gasteiger partial charge in [0.15, 0.2) is 0 Å². The van der Waals surface area contributed by atoms with Gasteiger partial charge in [0.25, 0.3) is 5.91 Å². The van der Waals surface area contributed by atoms with Crippen molar-refractivity contribution in [2.45, 2.75) is 6.54 Å². The number of carbonyl (C=O) groups is 1. The summed E-state index contributed by atoms with van der Waals surface area (Å²) in [6.07, 6.45) is 5.85. The van der Waals surface area contributed by atoms with E-state index >= 15 is 0 Å². The van der Waals surface area contributed by atoms with E-state index in [-0.39, 0.29) is 17.2 Å². The first kappa shape index (κ1) is 11.2. The Morgan fingerprint density at radius 1 is 1.53 bits per heavy atom. The third-order valence-electron chi connectivity index (χ3n) is 2.38. The van der Waals surface area contributed by atoms with E-state index < -0.39 is 0 Å². The highest BCUT2D eigenvalue weighted by Gasteiger charge is 2.15. The topological polar surface area (TPSA) is 66.6 Å². The number of pyridine rings is 1. The lowest BCUT2D eigenvalue weighted by Gasteiger charge is -2.16. The first-order chi connectivity index (χ1) is 8.18. The minimum absolute atomic E-state index is 0.114. The Morgan fingerprint density at radius 2 is 2.35 bits per heavy atom. The van der Waals surface area contributed by atoms with E-state index in [4.69, 9.17) is 4.42 Å². The summed E-state index contributed by atoms with van der Waals surface area (Å²) >= 11 is 0. The number of nitrogens with zero attached hydrogens (tertiary/aromatic N) is 2. The highest BCUT2D eigenvalue weighted by molar-refractivity contribution is 5.96. The summed E-state index contributed by atoms with van der Waals surface area (Å²) in [6, 6.07) is 3.28. The van der Waals surface area contributed by atoms with Gasteiger partial charge in [-0.2, -0.15) is 0 Å². The lowest BCUT2D eigenvalue weighted by atomic mass is 10.2. The first-order valence-electron chi connectivity index (χ1n) is 5.08. The molecule has 0 aliphatic rings. The molecule has 5 nitrogen and oxygen atoms in total. The van der Waals surface area contributed by atoms with Gasteiger partial charge in [0.2, 0.25) is 0 Å². The molecule has 0 saturated carbocycles. The van der Waals surface area contributed by atoms with Crippen LogP contribution in [0.25, 0.3) is 0 Å². The van der Waals surface area contributed by atoms with Crippen LogP contribution in [0, 0.1) is 0 Å². The van der Waals surface area contributed by atoms with Gasteiger partial charge in [-0.3, -0.25) is 9.78 Å². The molecule has 0 aromatic carbocycles. The van der Waals surface area contributed by atoms with Crippen LogP contribution in [-0.2, 0) is 6.54 Å². The number of hydrogen-bond acceptors (Lipinski definition) is 4. The average Bonchev–Trinajstić information content (AvgIpc) is 2.81. The number of furan rings is 1. The molecule has 0 atom stereocenters. The van der Waals surface area contributed by atoms with Crippen molar-refractivity contribution in [3.8, 4) is 5.75 Å². The van der Waals surface area contributed by atoms with E-state index in [0.717, 1.165) is 5.56 Å². The van der Waals surface area contributed by atoms with Gasteiger partial charge in [-0.1, -0.05) is 0 Å². The number of aromatic hydroxyl groups is 1. The van der Waals surface area contributed by atoms with Gasteiger partial charge in [0.1, 0.15) is 5.75 Å². The molecule has 0 aliphatic heterocycles. The van der Waals surface area contributed by atoms with E-state index in [9.17, 15) is 9.90 Å². The molecule has 5 heteroatoms. The minimum Gasteiger partial charge on any atom is -0.505 e. The maximum Gasteiger partial charge on any atom is 0.257 e. The molecule has 0 bridgehead atoms. The summed E-state index contributed by atoms with van der Waals surface area (Å²) in [5.74, 6) is -0.373. The highest BCUT2D eigenvalue weighted by atomic mass is 16.3. The van der Waals surface area contributed by atoms with Crippen molar-refractivity contribution in [3.63, 3.8) is 0 Å². The fourth-order valence-corrected chi connectivity index (χ4v) is 1.50. The Kier molecular flexibility index (Phi) is 3.09. The highest BCUT2D eigenvalue weighted by Crippen LogP contribution is 2.17. The van der Waals surface area contributed by atoms with Crippen LogP contribution in [0.5, 0.6) is 5.75 Å². The van der Waals surface area contributed by atoms with Gasteiger partial charge in [-0.15, -0.1) is 0 Å². The molecule has 0 saturated heterocycles. The maximum absolute atomic E-state index is 12.0. The van der Waals surface area contributed by atoms with Crippen molar-refractivity contribution < 1.29 is 14.3 Å². The summed E-state index contributed by atoms with van der Waals surface area (Å²) in [7, 11) is 1.66. The standard InChI is InChI=1S/C12H12N2O3/c1-14(7-9-3-5-17-8-9)12(16)10-2-4-13-6-11(10)15/h2-6,8,15H,7H2,1H3. The fraction of sp³-hybridized carbons (Fsp3) is 0.167. The summed E-state index contributed by atoms with van der Waals surface area (Å²) in [5, 5.41) is 9.53. The predicted octanol–water partition coefficient (Wildman–Crippen LogP) is 1.65. The van der Waals surface area contributed by atoms with Crippen molar-refractivity contribution in [2.24, 2.45) is 0 Å². The second kappa shape index (κ2) is 4.69. The summed E-state index contributed by atoms with van der Waals surface area (Å²) in [4.78, 5) is 17.2. The number of hydrogen-bond donors (Lipinski definition) is 1. The Labute approximate surface area is 98.3 Å². The van der Waals surface area contributed by atoms with Crippen molar-refractivity contribution in [1.29, 1.82) is 0 Å². The number of amides is 1. The van der Waals surface area contributed by atoms with Crippen LogP contribution in [0.2, 0.25) is 0 Å². The molecule has 0 aliphatic carbocycles. The molecule has 88 valence electrons. The molecule has 0 radical (unpaired) electrons. The molecule has 2 heterocycles. The lowest BCUT2D eigenvalue weighted by Crippen LogP contribution is -2.26. The van der Waals surface area contributed by atoms with Crippen LogP contribution < -0.4 is 0 Å². The third kappa shape index (κ3) is 2.44. The van der Waals surface area contributed by atoms with Gasteiger partial charge < -0.3 is 14.4 Å². The second-order valence-electron chi connectivity index (χ2n) is 3.69. The van der Waals surface area contributed by atoms with Crippen LogP contribution in [0.1, 0.15) is 15.9 Å². The SMILES string of the molecule is CN(Cc1ccoc1)C(=O)c1ccncc1O. The van der Waals surface area contributed by atoms with E-state index in [1.54, 1.807) is 25.6 Å². The van der Waals surface area contributed by atoms with Gasteiger partial charge in [-0.25, -0.2) is 0 Å². The molecule has 2 aromatic rings. The van der Waals surface area contributed by atoms with Gasteiger partial charge in [-0.05, 0) is 12.1 Å². The first-order valence-corrected chi connectivity index (χ1v) is 5.08. The monoisotopic (exact) mass is 232 g/mol. The normalized spacial score (nSPS) is 10.2. The average molecular weight is 232 g/mol. The molecular weight excluding hydrogens is 220 g/mol. The fourth-order valence-electron chi connectivity index (χ4n) is 1.50. The quantitative estimate of drug-likeness (QED) is 0.873. The Balaban J connectivity index is 2.13. The van der Waals surface area contributed by atoms with Crippen LogP contribution in [-0.4, -0.2) is 27.9 Å². The van der Waals surface area contributed by atoms with E-state index in [1.807, 2.05) is 0 Å². The predicted molar refractivity (Wildman–Crippen MR) is 60.4 cm³/mol. The molecule has 2 aromatic heterocycles. The Morgan fingerprint density at radius 3 is 3.00 bits per heavy atom. The lowest BCUT2D eigenvalue weighted by molar-refractivity contribution is 0.0781. The number of aromatic nitrogens is 1.